The molecule has 0 radical (unpaired) electrons. The average molecular weight is 650 g/mol. The Balaban J connectivity index is 0.000000205. The Bertz CT molecular complexity index is 1740. The van der Waals surface area contributed by atoms with Gasteiger partial charge in [0.15, 0.2) is 28.8 Å². The quantitative estimate of drug-likeness (QED) is 0.0994. The number of benzene rings is 3. The van der Waals surface area contributed by atoms with Crippen LogP contribution in [-0.2, 0) is 32.5 Å². The largest absolute Gasteiger partial charge is 0.534 e. The number of Topliss-reactive ketones (excluding diaryl/α,β-unsaturated/α-hetero) is 2. The van der Waals surface area contributed by atoms with E-state index in [1.807, 2.05) is 0 Å². The molecule has 1 heterocycles. The number of hydrogen-bond donors (Lipinski definition) is 1. The Morgan fingerprint density at radius 3 is 1.84 bits per heavy atom. The Kier molecular flexibility index (Phi) is 9.66. The molecule has 1 fully saturated rings. The number of alkyl halides is 3. The van der Waals surface area contributed by atoms with Crippen molar-refractivity contribution in [3.8, 4) is 23.0 Å². The minimum atomic E-state index is -5.78. The molecule has 14 heteroatoms. The molecule has 0 atom stereocenters. The van der Waals surface area contributed by atoms with Crippen molar-refractivity contribution in [1.29, 1.82) is 0 Å². The summed E-state index contributed by atoms with van der Waals surface area (Å²) < 4.78 is 86.6. The highest BCUT2D eigenvalue weighted by Gasteiger charge is 2.54. The third-order valence-corrected chi connectivity index (χ3v) is 8.05. The van der Waals surface area contributed by atoms with E-state index in [1.54, 1.807) is 24.3 Å². The number of carbonyl (C=O) groups is 2. The van der Waals surface area contributed by atoms with Gasteiger partial charge in [0.1, 0.15) is 11.6 Å². The van der Waals surface area contributed by atoms with Gasteiger partial charge in [-0.3, -0.25) is 14.6 Å². The summed E-state index contributed by atoms with van der Waals surface area (Å²) in [5, 5.41) is 9.30. The van der Waals surface area contributed by atoms with Crippen molar-refractivity contribution in [2.75, 3.05) is 14.2 Å². The number of halogens is 4. The van der Waals surface area contributed by atoms with E-state index in [9.17, 15) is 40.7 Å². The maximum absolute atomic E-state index is 12.9. The summed E-state index contributed by atoms with van der Waals surface area (Å²) in [4.78, 5) is 29.0. The van der Waals surface area contributed by atoms with Gasteiger partial charge in [0.05, 0.1) is 25.2 Å². The van der Waals surface area contributed by atoms with Crippen LogP contribution in [0.2, 0.25) is 0 Å². The first kappa shape index (κ1) is 33.2. The molecule has 1 saturated carbocycles. The molecule has 3 aromatic carbocycles. The Hall–Kier alpha value is -4.72. The van der Waals surface area contributed by atoms with Crippen LogP contribution >= 0.6 is 0 Å². The molecule has 1 N–H and O–H groups in total. The summed E-state index contributed by atoms with van der Waals surface area (Å²) in [5.41, 5.74) is -4.70. The maximum atomic E-state index is 12.9. The van der Waals surface area contributed by atoms with Crippen LogP contribution < -0.4 is 13.7 Å². The number of pyridine rings is 1. The predicted molar refractivity (Wildman–Crippen MR) is 154 cm³/mol. The molecule has 0 saturated heterocycles. The van der Waals surface area contributed by atoms with Gasteiger partial charge in [0.2, 0.25) is 0 Å². The molecule has 0 aliphatic heterocycles. The van der Waals surface area contributed by atoms with Crippen molar-refractivity contribution in [1.82, 2.24) is 4.98 Å². The number of ketones is 2. The summed E-state index contributed by atoms with van der Waals surface area (Å²) in [7, 11) is -3.08. The van der Waals surface area contributed by atoms with Gasteiger partial charge < -0.3 is 18.8 Å². The van der Waals surface area contributed by atoms with Gasteiger partial charge in [0, 0.05) is 36.6 Å². The Morgan fingerprint density at radius 2 is 1.36 bits per heavy atom. The SMILES string of the molecule is COc1cc2nccc(OS(=O)(=O)C(F)(F)F)c2cc1OC.O=C(Cc1ccc(O)cc1)C1(C(=O)Cc2ccc(F)cc2)CC1. The van der Waals surface area contributed by atoms with Crippen LogP contribution in [0.25, 0.3) is 10.9 Å². The molecule has 0 amide bonds. The molecule has 0 bridgehead atoms. The number of methoxy groups -OCH3 is 2. The second-order valence-electron chi connectivity index (χ2n) is 10.1. The third kappa shape index (κ3) is 7.69. The van der Waals surface area contributed by atoms with E-state index in [0.29, 0.717) is 18.6 Å². The number of phenols is 1. The van der Waals surface area contributed by atoms with Gasteiger partial charge in [-0.25, -0.2) is 4.39 Å². The normalized spacial score (nSPS) is 13.7. The predicted octanol–water partition coefficient (Wildman–Crippen LogP) is 5.72. The standard InChI is InChI=1S/C19H17FO3.C12H10F3NO5S/c20-15-5-1-13(2-6-15)11-17(22)19(9-10-19)18(23)12-14-3-7-16(21)8-4-14;1-19-10-5-7-8(6-11(10)20-2)16-4-3-9(7)21-22(17,18)12(13,14)15/h1-8,21H,9-12H2;3-6H,1-2H3. The number of nitrogens with zero attached hydrogens (tertiary/aromatic N) is 1. The molecule has 1 aliphatic rings. The molecule has 1 aliphatic carbocycles. The molecule has 238 valence electrons. The summed E-state index contributed by atoms with van der Waals surface area (Å²) in [5.74, 6) is -0.387. The fourth-order valence-electron chi connectivity index (χ4n) is 4.45. The number of aromatic hydroxyl groups is 1. The smallest absolute Gasteiger partial charge is 0.508 e. The molecule has 0 unspecified atom stereocenters. The van der Waals surface area contributed by atoms with Crippen molar-refractivity contribution >= 4 is 32.6 Å². The molecule has 4 aromatic rings. The van der Waals surface area contributed by atoms with E-state index in [2.05, 4.69) is 9.17 Å². The number of aromatic nitrogens is 1. The first-order valence-corrected chi connectivity index (χ1v) is 14.7. The number of rotatable bonds is 10. The summed E-state index contributed by atoms with van der Waals surface area (Å²) in [6.07, 6.45) is 2.64. The minimum absolute atomic E-state index is 0.0352. The van der Waals surface area contributed by atoms with Gasteiger partial charge in [-0.1, -0.05) is 24.3 Å². The van der Waals surface area contributed by atoms with Crippen LogP contribution in [0.5, 0.6) is 23.0 Å². The second kappa shape index (κ2) is 13.1. The van der Waals surface area contributed by atoms with E-state index < -0.39 is 26.8 Å². The highest BCUT2D eigenvalue weighted by molar-refractivity contribution is 7.88. The highest BCUT2D eigenvalue weighted by atomic mass is 32.2. The first-order valence-electron chi connectivity index (χ1n) is 13.3. The van der Waals surface area contributed by atoms with E-state index in [0.717, 1.165) is 23.4 Å². The van der Waals surface area contributed by atoms with Crippen LogP contribution in [0.3, 0.4) is 0 Å². The van der Waals surface area contributed by atoms with Crippen LogP contribution in [0.4, 0.5) is 17.6 Å². The Labute approximate surface area is 255 Å². The number of carbonyl (C=O) groups excluding carboxylic acids is 2. The second-order valence-corrected chi connectivity index (χ2v) is 11.6. The summed E-state index contributed by atoms with van der Waals surface area (Å²) >= 11 is 0. The lowest BCUT2D eigenvalue weighted by molar-refractivity contribution is -0.133. The fraction of sp³-hybridized carbons (Fsp3) is 0.258. The van der Waals surface area contributed by atoms with E-state index in [-0.39, 0.29) is 52.6 Å². The highest BCUT2D eigenvalue weighted by Crippen LogP contribution is 2.48. The van der Waals surface area contributed by atoms with Crippen molar-refractivity contribution in [2.24, 2.45) is 5.41 Å². The molecular weight excluding hydrogens is 622 g/mol. The zero-order chi connectivity index (χ0) is 33.0. The van der Waals surface area contributed by atoms with Gasteiger partial charge in [0.25, 0.3) is 0 Å². The van der Waals surface area contributed by atoms with Crippen LogP contribution in [-0.4, -0.2) is 49.8 Å². The molecule has 9 nitrogen and oxygen atoms in total. The number of phenolic OH excluding ortho intramolecular Hbond substituents is 1. The molecular formula is C31H27F4NO8S. The number of hydrogen-bond acceptors (Lipinski definition) is 9. The third-order valence-electron chi connectivity index (χ3n) is 7.09. The monoisotopic (exact) mass is 649 g/mol. The summed E-state index contributed by atoms with van der Waals surface area (Å²) in [6, 6.07) is 15.9. The average Bonchev–Trinajstić information content (AvgIpc) is 3.81. The molecule has 45 heavy (non-hydrogen) atoms. The van der Waals surface area contributed by atoms with Crippen LogP contribution in [0, 0.1) is 11.2 Å². The summed E-state index contributed by atoms with van der Waals surface area (Å²) in [6.45, 7) is 0. The topological polar surface area (TPSA) is 129 Å². The lowest BCUT2D eigenvalue weighted by Gasteiger charge is -2.13. The molecule has 1 aromatic heterocycles. The van der Waals surface area contributed by atoms with Gasteiger partial charge in [-0.15, -0.1) is 0 Å². The Morgan fingerprint density at radius 1 is 0.844 bits per heavy atom. The minimum Gasteiger partial charge on any atom is -0.508 e. The lowest BCUT2D eigenvalue weighted by atomic mass is 9.88. The maximum Gasteiger partial charge on any atom is 0.534 e. The molecule has 0 spiro atoms. The van der Waals surface area contributed by atoms with Gasteiger partial charge in [-0.2, -0.15) is 21.6 Å². The zero-order valence-electron chi connectivity index (χ0n) is 23.9. The number of fused-ring (bicyclic) bond motifs is 1. The van der Waals surface area contributed by atoms with Crippen LogP contribution in [0.1, 0.15) is 24.0 Å². The van der Waals surface area contributed by atoms with E-state index >= 15 is 0 Å². The number of ether oxygens (including phenoxy) is 2. The van der Waals surface area contributed by atoms with Crippen molar-refractivity contribution in [3.63, 3.8) is 0 Å². The van der Waals surface area contributed by atoms with E-state index in [4.69, 9.17) is 9.47 Å². The van der Waals surface area contributed by atoms with Crippen LogP contribution in [0.15, 0.2) is 72.9 Å². The van der Waals surface area contributed by atoms with Crippen molar-refractivity contribution < 1.29 is 54.3 Å². The fourth-order valence-corrected chi connectivity index (χ4v) is 4.93. The lowest BCUT2D eigenvalue weighted by Crippen LogP contribution is -2.28. The molecule has 5 rings (SSSR count). The van der Waals surface area contributed by atoms with E-state index in [1.165, 1.54) is 50.6 Å². The van der Waals surface area contributed by atoms with Crippen molar-refractivity contribution in [3.05, 3.63) is 89.9 Å². The zero-order valence-corrected chi connectivity index (χ0v) is 24.7. The van der Waals surface area contributed by atoms with Crippen molar-refractivity contribution in [2.45, 2.75) is 31.2 Å². The van der Waals surface area contributed by atoms with Gasteiger partial charge in [-0.05, 0) is 54.3 Å². The van der Waals surface area contributed by atoms with Gasteiger partial charge >= 0.3 is 15.6 Å². The first-order chi connectivity index (χ1) is 21.2.